The second-order valence-corrected chi connectivity index (χ2v) is 10.5. The van der Waals surface area contributed by atoms with Crippen LogP contribution in [0, 0.1) is 5.92 Å². The van der Waals surface area contributed by atoms with Gasteiger partial charge in [0.05, 0.1) is 17.0 Å². The van der Waals surface area contributed by atoms with Crippen LogP contribution in [0.3, 0.4) is 0 Å². The quantitative estimate of drug-likeness (QED) is 0.362. The molecule has 0 aromatic heterocycles. The van der Waals surface area contributed by atoms with Crippen LogP contribution >= 0.6 is 28.3 Å². The van der Waals surface area contributed by atoms with Crippen molar-refractivity contribution in [1.82, 2.24) is 5.32 Å². The Balaban J connectivity index is 0.00000408. The molecule has 0 amide bonds. The molecule has 0 fully saturated rings. The number of aliphatic hydroxyl groups excluding tert-OH is 1. The molecule has 0 heterocycles. The van der Waals surface area contributed by atoms with Gasteiger partial charge in [0.1, 0.15) is 18.5 Å². The molecule has 2 aromatic carbocycles. The highest BCUT2D eigenvalue weighted by Crippen LogP contribution is 2.32. The highest BCUT2D eigenvalue weighted by molar-refractivity contribution is 9.10. The summed E-state index contributed by atoms with van der Waals surface area (Å²) in [5, 5.41) is 14.0. The van der Waals surface area contributed by atoms with E-state index in [0.717, 1.165) is 29.3 Å². The third-order valence-corrected chi connectivity index (χ3v) is 6.93. The molecule has 1 aliphatic rings. The molecular formula is C27H37BrClNO4. The molecule has 5 nitrogen and oxygen atoms in total. The van der Waals surface area contributed by atoms with Crippen molar-refractivity contribution in [2.75, 3.05) is 19.8 Å². The number of esters is 1. The minimum absolute atomic E-state index is 0. The van der Waals surface area contributed by atoms with Crippen LogP contribution in [0.1, 0.15) is 56.7 Å². The Morgan fingerprint density at radius 1 is 1.21 bits per heavy atom. The van der Waals surface area contributed by atoms with E-state index >= 15 is 0 Å². The highest BCUT2D eigenvalue weighted by atomic mass is 79.9. The lowest BCUT2D eigenvalue weighted by Gasteiger charge is -2.30. The molecule has 2 aromatic rings. The molecule has 2 atom stereocenters. The van der Waals surface area contributed by atoms with Gasteiger partial charge in [0, 0.05) is 12.1 Å². The van der Waals surface area contributed by atoms with Gasteiger partial charge in [-0.15, -0.1) is 12.4 Å². The van der Waals surface area contributed by atoms with Gasteiger partial charge >= 0.3 is 5.97 Å². The van der Waals surface area contributed by atoms with Gasteiger partial charge in [0.15, 0.2) is 0 Å². The molecule has 3 rings (SSSR count). The largest absolute Gasteiger partial charge is 0.490 e. The summed E-state index contributed by atoms with van der Waals surface area (Å²) in [6.07, 6.45) is 2.65. The number of nitrogens with one attached hydrogen (secondary N) is 1. The minimum Gasteiger partial charge on any atom is -0.490 e. The van der Waals surface area contributed by atoms with Crippen molar-refractivity contribution >= 4 is 34.3 Å². The zero-order valence-electron chi connectivity index (χ0n) is 20.5. The van der Waals surface area contributed by atoms with Crippen molar-refractivity contribution in [2.24, 2.45) is 5.92 Å². The summed E-state index contributed by atoms with van der Waals surface area (Å²) < 4.78 is 11.8. The lowest BCUT2D eigenvalue weighted by atomic mass is 9.88. The number of carbonyl (C=O) groups excluding carboxylic acids is 1. The van der Waals surface area contributed by atoms with Gasteiger partial charge in [-0.25, -0.2) is 0 Å². The molecule has 2 N–H and O–H groups in total. The minimum atomic E-state index is -0.650. The molecule has 1 unspecified atom stereocenters. The first-order valence-electron chi connectivity index (χ1n) is 11.8. The SMILES string of the molecule is CCOC(=O)C(C)c1ccc(Br)c(OC[C@H](O)CNC(C)(C)CC2Cc3ccccc3C2)c1.Cl. The van der Waals surface area contributed by atoms with E-state index in [9.17, 15) is 9.90 Å². The molecule has 188 valence electrons. The smallest absolute Gasteiger partial charge is 0.313 e. The third-order valence-electron chi connectivity index (χ3n) is 6.28. The fraction of sp³-hybridized carbons (Fsp3) is 0.519. The van der Waals surface area contributed by atoms with Crippen LogP contribution in [0.2, 0.25) is 0 Å². The van der Waals surface area contributed by atoms with E-state index in [1.165, 1.54) is 11.1 Å². The van der Waals surface area contributed by atoms with E-state index in [1.54, 1.807) is 6.92 Å². The summed E-state index contributed by atoms with van der Waals surface area (Å²) in [6, 6.07) is 14.3. The molecule has 34 heavy (non-hydrogen) atoms. The normalized spacial score (nSPS) is 15.2. The second kappa shape index (κ2) is 12.9. The number of hydrogen-bond acceptors (Lipinski definition) is 5. The molecule has 1 aliphatic carbocycles. The Bertz CT molecular complexity index is 927. The Kier molecular flexibility index (Phi) is 10.9. The van der Waals surface area contributed by atoms with E-state index in [1.807, 2.05) is 25.1 Å². The van der Waals surface area contributed by atoms with Crippen LogP contribution < -0.4 is 10.1 Å². The van der Waals surface area contributed by atoms with E-state index in [-0.39, 0.29) is 36.4 Å². The van der Waals surface area contributed by atoms with Crippen LogP contribution in [-0.2, 0) is 22.4 Å². The Labute approximate surface area is 218 Å². The highest BCUT2D eigenvalue weighted by Gasteiger charge is 2.28. The van der Waals surface area contributed by atoms with E-state index in [0.29, 0.717) is 24.8 Å². The predicted molar refractivity (Wildman–Crippen MR) is 142 cm³/mol. The monoisotopic (exact) mass is 553 g/mol. The Morgan fingerprint density at radius 2 is 1.85 bits per heavy atom. The number of hydrogen-bond donors (Lipinski definition) is 2. The molecule has 7 heteroatoms. The zero-order chi connectivity index (χ0) is 24.0. The Morgan fingerprint density at radius 3 is 2.47 bits per heavy atom. The molecule has 0 spiro atoms. The molecule has 0 saturated carbocycles. The lowest BCUT2D eigenvalue weighted by Crippen LogP contribution is -2.46. The lowest BCUT2D eigenvalue weighted by molar-refractivity contribution is -0.144. The molecule has 0 saturated heterocycles. The van der Waals surface area contributed by atoms with Crippen molar-refractivity contribution in [2.45, 2.75) is 64.5 Å². The summed E-state index contributed by atoms with van der Waals surface area (Å²) in [7, 11) is 0. The van der Waals surface area contributed by atoms with Crippen molar-refractivity contribution in [1.29, 1.82) is 0 Å². The summed E-state index contributed by atoms with van der Waals surface area (Å²) in [5.41, 5.74) is 3.68. The topological polar surface area (TPSA) is 67.8 Å². The number of β-amino-alcohol motifs (C(OH)–C–C–N with tert-alkyl or cyclic N) is 1. The number of rotatable bonds is 11. The maximum Gasteiger partial charge on any atom is 0.313 e. The van der Waals surface area contributed by atoms with Gasteiger partial charge in [0.25, 0.3) is 0 Å². The number of fused-ring (bicyclic) bond motifs is 1. The molecular weight excluding hydrogens is 518 g/mol. The van der Waals surface area contributed by atoms with Crippen LogP contribution in [0.4, 0.5) is 0 Å². The number of carbonyl (C=O) groups is 1. The van der Waals surface area contributed by atoms with Gasteiger partial charge < -0.3 is 19.9 Å². The third kappa shape index (κ3) is 7.98. The van der Waals surface area contributed by atoms with E-state index < -0.39 is 6.10 Å². The van der Waals surface area contributed by atoms with Gasteiger partial charge in [-0.1, -0.05) is 30.3 Å². The summed E-state index contributed by atoms with van der Waals surface area (Å²) in [5.74, 6) is 0.584. The van der Waals surface area contributed by atoms with Crippen molar-refractivity contribution in [3.05, 3.63) is 63.6 Å². The second-order valence-electron chi connectivity index (χ2n) is 9.64. The maximum atomic E-state index is 12.0. The average molecular weight is 555 g/mol. The number of ether oxygens (including phenoxy) is 2. The fourth-order valence-electron chi connectivity index (χ4n) is 4.53. The van der Waals surface area contributed by atoms with Gasteiger partial charge in [-0.2, -0.15) is 0 Å². The average Bonchev–Trinajstić information content (AvgIpc) is 3.18. The van der Waals surface area contributed by atoms with Gasteiger partial charge in [-0.3, -0.25) is 4.79 Å². The first kappa shape index (κ1) is 28.6. The molecule has 0 aliphatic heterocycles. The van der Waals surface area contributed by atoms with Crippen molar-refractivity contribution < 1.29 is 19.4 Å². The van der Waals surface area contributed by atoms with Gasteiger partial charge in [-0.05, 0) is 97.6 Å². The number of benzene rings is 2. The van der Waals surface area contributed by atoms with Crippen molar-refractivity contribution in [3.63, 3.8) is 0 Å². The van der Waals surface area contributed by atoms with E-state index in [4.69, 9.17) is 9.47 Å². The predicted octanol–water partition coefficient (Wildman–Crippen LogP) is 5.45. The summed E-state index contributed by atoms with van der Waals surface area (Å²) >= 11 is 3.49. The fourth-order valence-corrected chi connectivity index (χ4v) is 4.89. The standard InChI is InChI=1S/C27H36BrNO4.ClH/c1-5-32-26(31)18(2)20-10-11-24(28)25(14-20)33-17-23(30)16-29-27(3,4)15-19-12-21-8-6-7-9-22(21)13-19;/h6-11,14,18-19,23,29-30H,5,12-13,15-17H2,1-4H3;1H/t18?,23-;/m1./s1. The first-order chi connectivity index (χ1) is 15.7. The van der Waals surface area contributed by atoms with Gasteiger partial charge in [0.2, 0.25) is 0 Å². The number of halogens is 2. The van der Waals surface area contributed by atoms with E-state index in [2.05, 4.69) is 59.4 Å². The molecule has 0 bridgehead atoms. The summed E-state index contributed by atoms with van der Waals surface area (Å²) in [4.78, 5) is 12.0. The van der Waals surface area contributed by atoms with Crippen molar-refractivity contribution in [3.8, 4) is 5.75 Å². The van der Waals surface area contributed by atoms with Crippen LogP contribution in [0.25, 0.3) is 0 Å². The summed E-state index contributed by atoms with van der Waals surface area (Å²) in [6.45, 7) is 8.96. The van der Waals surface area contributed by atoms with Crippen LogP contribution in [0.5, 0.6) is 5.75 Å². The number of aliphatic hydroxyl groups is 1. The first-order valence-corrected chi connectivity index (χ1v) is 12.6. The van der Waals surface area contributed by atoms with Crippen LogP contribution in [-0.4, -0.2) is 42.5 Å². The maximum absolute atomic E-state index is 12.0. The Hall–Kier alpha value is -1.60. The van der Waals surface area contributed by atoms with Crippen LogP contribution in [0.15, 0.2) is 46.9 Å². The molecule has 0 radical (unpaired) electrons. The zero-order valence-corrected chi connectivity index (χ0v) is 22.9.